The molecule has 0 aromatic heterocycles. The monoisotopic (exact) mass is 167 g/mol. The molecule has 1 rings (SSSR count). The molecule has 0 heterocycles. The van der Waals surface area contributed by atoms with Crippen LogP contribution >= 0.6 is 0 Å². The van der Waals surface area contributed by atoms with Gasteiger partial charge in [-0.2, -0.15) is 0 Å². The number of hydrogen-bond donors (Lipinski definition) is 0. The average molecular weight is 167 g/mol. The van der Waals surface area contributed by atoms with E-state index in [1.165, 1.54) is 19.3 Å². The predicted octanol–water partition coefficient (Wildman–Crippen LogP) is 3.51. The van der Waals surface area contributed by atoms with E-state index < -0.39 is 0 Å². The molecule has 0 spiro atoms. The fourth-order valence-electron chi connectivity index (χ4n) is 2.11. The van der Waals surface area contributed by atoms with Gasteiger partial charge in [0.25, 0.3) is 0 Å². The Balaban J connectivity index is 2.24. The largest absolute Gasteiger partial charge is 0.0940 e. The first-order valence-corrected chi connectivity index (χ1v) is 4.65. The van der Waals surface area contributed by atoms with Gasteiger partial charge < -0.3 is 0 Å². The molecule has 1 fully saturated rings. The molecule has 0 amide bonds. The van der Waals surface area contributed by atoms with Crippen molar-refractivity contribution in [2.24, 2.45) is 16.4 Å². The van der Waals surface area contributed by atoms with E-state index in [1.54, 1.807) is 0 Å². The van der Waals surface area contributed by atoms with Crippen LogP contribution < -0.4 is 0 Å². The molecule has 1 aliphatic rings. The van der Waals surface area contributed by atoms with E-state index in [9.17, 15) is 0 Å². The molecule has 1 saturated carbocycles. The van der Waals surface area contributed by atoms with Gasteiger partial charge in [-0.1, -0.05) is 19.0 Å². The molecule has 0 saturated heterocycles. The fraction of sp³-hybridized carbons (Fsp3) is 1.00. The van der Waals surface area contributed by atoms with Crippen molar-refractivity contribution in [2.45, 2.75) is 39.5 Å². The number of rotatable bonds is 3. The first-order valence-electron chi connectivity index (χ1n) is 4.65. The van der Waals surface area contributed by atoms with Gasteiger partial charge in [0, 0.05) is 11.5 Å². The third-order valence-corrected chi connectivity index (χ3v) is 2.77. The summed E-state index contributed by atoms with van der Waals surface area (Å²) >= 11 is 0. The van der Waals surface area contributed by atoms with Crippen molar-refractivity contribution in [3.05, 3.63) is 10.4 Å². The molecule has 1 unspecified atom stereocenters. The third kappa shape index (κ3) is 2.74. The summed E-state index contributed by atoms with van der Waals surface area (Å²) in [7, 11) is 0. The lowest BCUT2D eigenvalue weighted by Crippen LogP contribution is -2.05. The quantitative estimate of drug-likeness (QED) is 0.351. The van der Waals surface area contributed by atoms with Crippen molar-refractivity contribution in [1.29, 1.82) is 0 Å². The molecular formula is C9H17N3. The lowest BCUT2D eigenvalue weighted by atomic mass is 9.90. The van der Waals surface area contributed by atoms with Crippen molar-refractivity contribution >= 4 is 0 Å². The van der Waals surface area contributed by atoms with Crippen LogP contribution in [0.1, 0.15) is 39.5 Å². The number of azide groups is 1. The Hall–Kier alpha value is -0.690. The smallest absolute Gasteiger partial charge is 0.0260 e. The molecule has 0 N–H and O–H groups in total. The molecule has 12 heavy (non-hydrogen) atoms. The molecule has 0 aliphatic heterocycles. The molecule has 0 aromatic rings. The van der Waals surface area contributed by atoms with Gasteiger partial charge in [-0.25, -0.2) is 0 Å². The van der Waals surface area contributed by atoms with E-state index in [1.807, 2.05) is 0 Å². The van der Waals surface area contributed by atoms with Crippen LogP contribution in [-0.4, -0.2) is 6.54 Å². The highest BCUT2D eigenvalue weighted by atomic mass is 15.1. The van der Waals surface area contributed by atoms with Crippen LogP contribution in [0.2, 0.25) is 0 Å². The van der Waals surface area contributed by atoms with Crippen molar-refractivity contribution in [2.75, 3.05) is 6.54 Å². The predicted molar refractivity (Wildman–Crippen MR) is 49.8 cm³/mol. The average Bonchev–Trinajstić information content (AvgIpc) is 2.31. The van der Waals surface area contributed by atoms with Crippen molar-refractivity contribution < 1.29 is 0 Å². The second kappa shape index (κ2) is 3.81. The van der Waals surface area contributed by atoms with E-state index in [0.717, 1.165) is 12.3 Å². The van der Waals surface area contributed by atoms with Gasteiger partial charge in [0.2, 0.25) is 0 Å². The highest BCUT2D eigenvalue weighted by Gasteiger charge is 2.29. The van der Waals surface area contributed by atoms with Crippen LogP contribution in [0.15, 0.2) is 5.11 Å². The summed E-state index contributed by atoms with van der Waals surface area (Å²) in [6.07, 6.45) is 5.02. The molecule has 68 valence electrons. The molecule has 0 aromatic carbocycles. The van der Waals surface area contributed by atoms with E-state index in [4.69, 9.17) is 5.53 Å². The Bertz CT molecular complexity index is 192. The van der Waals surface area contributed by atoms with Gasteiger partial charge in [0.05, 0.1) is 0 Å². The Kier molecular flexibility index (Phi) is 2.99. The maximum Gasteiger partial charge on any atom is 0.0260 e. The van der Waals surface area contributed by atoms with Crippen LogP contribution in [0.25, 0.3) is 10.4 Å². The van der Waals surface area contributed by atoms with Crippen molar-refractivity contribution in [3.8, 4) is 0 Å². The molecule has 0 radical (unpaired) electrons. The van der Waals surface area contributed by atoms with E-state index in [0.29, 0.717) is 12.0 Å². The zero-order valence-corrected chi connectivity index (χ0v) is 7.95. The van der Waals surface area contributed by atoms with Gasteiger partial charge in [0.15, 0.2) is 0 Å². The zero-order valence-electron chi connectivity index (χ0n) is 7.95. The Morgan fingerprint density at radius 1 is 1.58 bits per heavy atom. The lowest BCUT2D eigenvalue weighted by molar-refractivity contribution is 0.355. The van der Waals surface area contributed by atoms with Crippen LogP contribution in [0.3, 0.4) is 0 Å². The summed E-state index contributed by atoms with van der Waals surface area (Å²) in [5.74, 6) is 0.797. The number of nitrogens with zero attached hydrogens (tertiary/aromatic N) is 3. The zero-order chi connectivity index (χ0) is 9.03. The van der Waals surface area contributed by atoms with Gasteiger partial charge in [-0.15, -0.1) is 0 Å². The maximum atomic E-state index is 8.10. The van der Waals surface area contributed by atoms with E-state index in [-0.39, 0.29) is 0 Å². The first-order chi connectivity index (χ1) is 5.64. The van der Waals surface area contributed by atoms with Crippen molar-refractivity contribution in [1.82, 2.24) is 0 Å². The van der Waals surface area contributed by atoms with Crippen LogP contribution in [0.5, 0.6) is 0 Å². The van der Waals surface area contributed by atoms with E-state index in [2.05, 4.69) is 23.9 Å². The van der Waals surface area contributed by atoms with Crippen molar-refractivity contribution in [3.63, 3.8) is 0 Å². The summed E-state index contributed by atoms with van der Waals surface area (Å²) in [5.41, 5.74) is 8.63. The molecule has 1 atom stereocenters. The van der Waals surface area contributed by atoms with E-state index >= 15 is 0 Å². The molecule has 3 heteroatoms. The van der Waals surface area contributed by atoms with Gasteiger partial charge >= 0.3 is 0 Å². The summed E-state index contributed by atoms with van der Waals surface area (Å²) in [6, 6.07) is 0. The Morgan fingerprint density at radius 2 is 2.33 bits per heavy atom. The summed E-state index contributed by atoms with van der Waals surface area (Å²) in [5, 5.41) is 3.56. The minimum Gasteiger partial charge on any atom is -0.0940 e. The molecule has 3 nitrogen and oxygen atoms in total. The Morgan fingerprint density at radius 3 is 2.83 bits per heavy atom. The Labute approximate surface area is 73.8 Å². The lowest BCUT2D eigenvalue weighted by Gasteiger charge is -2.16. The van der Waals surface area contributed by atoms with Crippen LogP contribution in [0.4, 0.5) is 0 Å². The second-order valence-electron chi connectivity index (χ2n) is 4.52. The van der Waals surface area contributed by atoms with Gasteiger partial charge in [0.1, 0.15) is 0 Å². The molecule has 0 bridgehead atoms. The highest BCUT2D eigenvalue weighted by molar-refractivity contribution is 4.82. The minimum atomic E-state index is 0.529. The second-order valence-corrected chi connectivity index (χ2v) is 4.52. The summed E-state index contributed by atoms with van der Waals surface area (Å²) in [6.45, 7) is 5.32. The number of hydrogen-bond acceptors (Lipinski definition) is 1. The van der Waals surface area contributed by atoms with Gasteiger partial charge in [-0.05, 0) is 42.5 Å². The van der Waals surface area contributed by atoms with Crippen LogP contribution in [-0.2, 0) is 0 Å². The normalized spacial score (nSPS) is 26.7. The van der Waals surface area contributed by atoms with Crippen LogP contribution in [0, 0.1) is 11.3 Å². The maximum absolute atomic E-state index is 8.10. The summed E-state index contributed by atoms with van der Waals surface area (Å²) in [4.78, 5) is 2.76. The topological polar surface area (TPSA) is 48.8 Å². The fourth-order valence-corrected chi connectivity index (χ4v) is 2.11. The minimum absolute atomic E-state index is 0.529. The molecule has 1 aliphatic carbocycles. The standard InChI is InChI=1S/C9H17N3/c1-9(2)5-3-8(7-9)4-6-11-12-10/h8H,3-7H2,1-2H3. The highest BCUT2D eigenvalue weighted by Crippen LogP contribution is 2.42. The van der Waals surface area contributed by atoms with Gasteiger partial charge in [-0.3, -0.25) is 0 Å². The summed E-state index contributed by atoms with van der Waals surface area (Å²) < 4.78 is 0. The SMILES string of the molecule is CC1(C)CCC(CCN=[N+]=[N-])C1. The third-order valence-electron chi connectivity index (χ3n) is 2.77. The first kappa shape index (κ1) is 9.40. The molecular weight excluding hydrogens is 150 g/mol.